The molecule has 27 heavy (non-hydrogen) atoms. The van der Waals surface area contributed by atoms with E-state index in [0.29, 0.717) is 11.4 Å². The predicted molar refractivity (Wildman–Crippen MR) is 101 cm³/mol. The van der Waals surface area contributed by atoms with E-state index < -0.39 is 28.3 Å². The van der Waals surface area contributed by atoms with Gasteiger partial charge in [-0.15, -0.1) is 0 Å². The van der Waals surface area contributed by atoms with Gasteiger partial charge in [-0.3, -0.25) is 4.79 Å². The van der Waals surface area contributed by atoms with Crippen molar-refractivity contribution in [3.8, 4) is 0 Å². The summed E-state index contributed by atoms with van der Waals surface area (Å²) in [5, 5.41) is 4.72. The predicted octanol–water partition coefficient (Wildman–Crippen LogP) is 3.28. The van der Waals surface area contributed by atoms with Crippen molar-refractivity contribution in [2.75, 3.05) is 0 Å². The number of carbonyl (C=O) groups excluding carboxylic acids is 1. The maximum atomic E-state index is 12.8. The fraction of sp³-hybridized carbons (Fsp3) is 0.444. The largest absolute Gasteiger partial charge is 0.440 e. The van der Waals surface area contributed by atoms with Gasteiger partial charge in [0.25, 0.3) is 0 Å². The molecule has 0 amide bonds. The molecule has 2 atom stereocenters. The molecule has 0 spiro atoms. The van der Waals surface area contributed by atoms with Crippen LogP contribution in [-0.4, -0.2) is 24.2 Å². The molecule has 0 aliphatic heterocycles. The molecule has 2 aromatic rings. The van der Waals surface area contributed by atoms with Crippen LogP contribution in [-0.2, 0) is 26.0 Å². The first-order chi connectivity index (χ1) is 12.7. The Hall–Kier alpha value is -1.90. The van der Waals surface area contributed by atoms with Crippen molar-refractivity contribution < 1.29 is 17.9 Å². The Kier molecular flexibility index (Phi) is 5.60. The molecule has 1 aliphatic rings. The Morgan fingerprint density at radius 2 is 2.19 bits per heavy atom. The van der Waals surface area contributed by atoms with Crippen molar-refractivity contribution in [1.82, 2.24) is 14.5 Å². The third-order valence-corrected chi connectivity index (χ3v) is 6.52. The molecule has 3 rings (SSSR count). The van der Waals surface area contributed by atoms with Crippen molar-refractivity contribution in [2.24, 2.45) is 0 Å². The van der Waals surface area contributed by atoms with Gasteiger partial charge in [-0.1, -0.05) is 17.7 Å². The number of benzene rings is 1. The van der Waals surface area contributed by atoms with Crippen LogP contribution in [0.1, 0.15) is 55.8 Å². The van der Waals surface area contributed by atoms with Gasteiger partial charge in [0.05, 0.1) is 17.1 Å². The van der Waals surface area contributed by atoms with Crippen LogP contribution >= 0.6 is 11.6 Å². The Bertz CT molecular complexity index is 971. The second-order valence-corrected chi connectivity index (χ2v) is 8.80. The van der Waals surface area contributed by atoms with Crippen molar-refractivity contribution in [3.63, 3.8) is 0 Å². The number of halogens is 1. The maximum Gasteiger partial charge on any atom is 0.304 e. The zero-order valence-corrected chi connectivity index (χ0v) is 17.0. The average molecular weight is 412 g/mol. The van der Waals surface area contributed by atoms with Crippen LogP contribution in [0, 0.1) is 6.92 Å². The van der Waals surface area contributed by atoms with E-state index in [2.05, 4.69) is 9.82 Å². The Balaban J connectivity index is 1.87. The molecule has 0 bridgehead atoms. The van der Waals surface area contributed by atoms with E-state index in [1.54, 1.807) is 29.9 Å². The van der Waals surface area contributed by atoms with E-state index >= 15 is 0 Å². The molecule has 1 N–H and O–H groups in total. The molecule has 7 nitrogen and oxygen atoms in total. The van der Waals surface area contributed by atoms with E-state index in [-0.39, 0.29) is 4.90 Å². The van der Waals surface area contributed by atoms with E-state index in [0.717, 1.165) is 29.7 Å². The van der Waals surface area contributed by atoms with Crippen LogP contribution in [0.2, 0.25) is 5.02 Å². The van der Waals surface area contributed by atoms with E-state index in [1.807, 2.05) is 6.92 Å². The third-order valence-electron chi connectivity index (χ3n) is 4.64. The lowest BCUT2D eigenvalue weighted by molar-refractivity contribution is -0.150. The van der Waals surface area contributed by atoms with E-state index in [1.165, 1.54) is 13.0 Å². The first-order valence-corrected chi connectivity index (χ1v) is 10.6. The van der Waals surface area contributed by atoms with Gasteiger partial charge in [-0.2, -0.15) is 5.10 Å². The van der Waals surface area contributed by atoms with Gasteiger partial charge in [-0.05, 0) is 50.8 Å². The highest BCUT2D eigenvalue weighted by Gasteiger charge is 2.30. The van der Waals surface area contributed by atoms with Gasteiger partial charge in [0.15, 0.2) is 6.23 Å². The summed E-state index contributed by atoms with van der Waals surface area (Å²) in [5.41, 5.74) is 2.50. The lowest BCUT2D eigenvalue weighted by atomic mass is 9.94. The number of hydrogen-bond acceptors (Lipinski definition) is 5. The Morgan fingerprint density at radius 3 is 2.85 bits per heavy atom. The van der Waals surface area contributed by atoms with Crippen molar-refractivity contribution in [1.29, 1.82) is 0 Å². The fourth-order valence-corrected chi connectivity index (χ4v) is 4.82. The highest BCUT2D eigenvalue weighted by Crippen LogP contribution is 2.32. The molecular weight excluding hydrogens is 390 g/mol. The Morgan fingerprint density at radius 1 is 1.44 bits per heavy atom. The van der Waals surface area contributed by atoms with Crippen LogP contribution in [0.3, 0.4) is 0 Å². The fourth-order valence-electron chi connectivity index (χ4n) is 3.30. The number of aryl methyl sites for hydroxylation is 1. The smallest absolute Gasteiger partial charge is 0.304 e. The Labute approximate surface area is 163 Å². The lowest BCUT2D eigenvalue weighted by Crippen LogP contribution is -2.31. The maximum absolute atomic E-state index is 12.8. The topological polar surface area (TPSA) is 90.3 Å². The molecule has 0 radical (unpaired) electrons. The number of rotatable bonds is 5. The summed E-state index contributed by atoms with van der Waals surface area (Å²) in [7, 11) is -3.73. The minimum absolute atomic E-state index is 0.130. The standard InChI is InChI=1S/C18H22ClN3O4S/c1-11-7-8-14(9-16(11)19)27(24,25)21-17-5-4-6-18-15(17)10-20-22(18)12(2)26-13(3)23/h7-10,12,17,21H,4-6H2,1-3H3. The zero-order valence-electron chi connectivity index (χ0n) is 15.4. The van der Waals surface area contributed by atoms with Gasteiger partial charge >= 0.3 is 5.97 Å². The molecule has 1 aliphatic carbocycles. The summed E-state index contributed by atoms with van der Waals surface area (Å²) in [6, 6.07) is 4.29. The highest BCUT2D eigenvalue weighted by molar-refractivity contribution is 7.89. The van der Waals surface area contributed by atoms with Gasteiger partial charge in [0, 0.05) is 23.2 Å². The molecular formula is C18H22ClN3O4S. The molecule has 146 valence electrons. The number of nitrogens with one attached hydrogen (secondary N) is 1. The van der Waals surface area contributed by atoms with Crippen molar-refractivity contribution in [3.05, 3.63) is 46.2 Å². The number of sulfonamides is 1. The first-order valence-electron chi connectivity index (χ1n) is 8.71. The van der Waals surface area contributed by atoms with Crippen LogP contribution < -0.4 is 4.72 Å². The second kappa shape index (κ2) is 7.61. The number of hydrogen-bond donors (Lipinski definition) is 1. The summed E-state index contributed by atoms with van der Waals surface area (Å²) < 4.78 is 35.2. The summed E-state index contributed by atoms with van der Waals surface area (Å²) >= 11 is 6.08. The number of esters is 1. The minimum Gasteiger partial charge on any atom is -0.440 e. The SMILES string of the molecule is CC(=O)OC(C)n1ncc2c1CCCC2NS(=O)(=O)c1ccc(C)c(Cl)c1. The lowest BCUT2D eigenvalue weighted by Gasteiger charge is -2.25. The first kappa shape index (κ1) is 19.9. The van der Waals surface area contributed by atoms with Gasteiger partial charge in [-0.25, -0.2) is 17.8 Å². The van der Waals surface area contributed by atoms with E-state index in [4.69, 9.17) is 16.3 Å². The van der Waals surface area contributed by atoms with Crippen molar-refractivity contribution in [2.45, 2.75) is 57.2 Å². The van der Waals surface area contributed by atoms with Crippen LogP contribution in [0.15, 0.2) is 29.3 Å². The quantitative estimate of drug-likeness (QED) is 0.762. The highest BCUT2D eigenvalue weighted by atomic mass is 35.5. The molecule has 1 aromatic heterocycles. The zero-order chi connectivity index (χ0) is 19.8. The van der Waals surface area contributed by atoms with Crippen LogP contribution in [0.25, 0.3) is 0 Å². The summed E-state index contributed by atoms with van der Waals surface area (Å²) in [4.78, 5) is 11.3. The molecule has 2 unspecified atom stereocenters. The second-order valence-electron chi connectivity index (χ2n) is 6.68. The van der Waals surface area contributed by atoms with Crippen LogP contribution in [0.5, 0.6) is 0 Å². The normalized spacial score (nSPS) is 18.0. The number of carbonyl (C=O) groups is 1. The molecule has 1 heterocycles. The number of nitrogens with zero attached hydrogens (tertiary/aromatic N) is 2. The third kappa shape index (κ3) is 4.17. The van der Waals surface area contributed by atoms with Gasteiger partial charge in [0.2, 0.25) is 10.0 Å². The molecule has 0 saturated heterocycles. The summed E-state index contributed by atoms with van der Waals surface area (Å²) in [5.74, 6) is -0.393. The molecule has 0 saturated carbocycles. The molecule has 1 aromatic carbocycles. The average Bonchev–Trinajstić information content (AvgIpc) is 3.01. The van der Waals surface area contributed by atoms with E-state index in [9.17, 15) is 13.2 Å². The number of ether oxygens (including phenoxy) is 1. The molecule has 9 heteroatoms. The van der Waals surface area contributed by atoms with Crippen LogP contribution in [0.4, 0.5) is 0 Å². The summed E-state index contributed by atoms with van der Waals surface area (Å²) in [6.45, 7) is 4.89. The summed E-state index contributed by atoms with van der Waals surface area (Å²) in [6.07, 6.45) is 3.31. The monoisotopic (exact) mass is 411 g/mol. The van der Waals surface area contributed by atoms with Gasteiger partial charge < -0.3 is 4.74 Å². The number of aromatic nitrogens is 2. The van der Waals surface area contributed by atoms with Gasteiger partial charge in [0.1, 0.15) is 0 Å². The minimum atomic E-state index is -3.73. The van der Waals surface area contributed by atoms with Crippen molar-refractivity contribution >= 4 is 27.6 Å². The number of fused-ring (bicyclic) bond motifs is 1. The molecule has 0 fully saturated rings.